The molecule has 0 aliphatic carbocycles. The lowest BCUT2D eigenvalue weighted by Gasteiger charge is -2.08. The van der Waals surface area contributed by atoms with Gasteiger partial charge in [0, 0.05) is 10.9 Å². The van der Waals surface area contributed by atoms with E-state index in [0.717, 1.165) is 18.4 Å². The number of halogens is 3. The van der Waals surface area contributed by atoms with Crippen LogP contribution < -0.4 is 0 Å². The molecule has 14 heavy (non-hydrogen) atoms. The van der Waals surface area contributed by atoms with Gasteiger partial charge >= 0.3 is 0 Å². The van der Waals surface area contributed by atoms with E-state index in [1.54, 1.807) is 6.07 Å². The summed E-state index contributed by atoms with van der Waals surface area (Å²) in [4.78, 5) is 0. The van der Waals surface area contributed by atoms with Crippen molar-refractivity contribution in [3.8, 4) is 0 Å². The van der Waals surface area contributed by atoms with Gasteiger partial charge in [-0.05, 0) is 36.5 Å². The first-order valence-corrected chi connectivity index (χ1v) is 5.54. The molecule has 0 aromatic heterocycles. The summed E-state index contributed by atoms with van der Waals surface area (Å²) in [5.41, 5.74) is 0.991. The van der Waals surface area contributed by atoms with Crippen molar-refractivity contribution in [2.24, 2.45) is 5.92 Å². The van der Waals surface area contributed by atoms with Crippen molar-refractivity contribution >= 4 is 23.2 Å². The van der Waals surface area contributed by atoms with Crippen molar-refractivity contribution in [1.82, 2.24) is 0 Å². The predicted octanol–water partition coefficient (Wildman–Crippen LogP) is 4.29. The molecule has 0 saturated heterocycles. The normalized spacial score (nSPS) is 12.9. The van der Waals surface area contributed by atoms with Crippen molar-refractivity contribution in [1.29, 1.82) is 0 Å². The minimum Gasteiger partial charge on any atom is -0.207 e. The van der Waals surface area contributed by atoms with E-state index in [0.29, 0.717) is 16.8 Å². The van der Waals surface area contributed by atoms with E-state index < -0.39 is 0 Å². The van der Waals surface area contributed by atoms with Gasteiger partial charge in [0.25, 0.3) is 0 Å². The second-order valence-electron chi connectivity index (χ2n) is 3.53. The molecule has 1 aromatic carbocycles. The number of benzene rings is 1. The first-order valence-electron chi connectivity index (χ1n) is 4.63. The van der Waals surface area contributed by atoms with Gasteiger partial charge < -0.3 is 0 Å². The van der Waals surface area contributed by atoms with Gasteiger partial charge in [-0.3, -0.25) is 0 Å². The van der Waals surface area contributed by atoms with Gasteiger partial charge in [0.2, 0.25) is 0 Å². The van der Waals surface area contributed by atoms with E-state index in [1.807, 2.05) is 0 Å². The van der Waals surface area contributed by atoms with Crippen LogP contribution in [0.15, 0.2) is 18.2 Å². The molecule has 78 valence electrons. The molecule has 1 rings (SSSR count). The third-order valence-corrected chi connectivity index (χ3v) is 3.06. The molecule has 1 aromatic rings. The van der Waals surface area contributed by atoms with Gasteiger partial charge in [-0.1, -0.05) is 24.6 Å². The average Bonchev–Trinajstić information content (AvgIpc) is 2.16. The van der Waals surface area contributed by atoms with Crippen LogP contribution in [0.2, 0.25) is 5.02 Å². The molecule has 0 fully saturated rings. The summed E-state index contributed by atoms with van der Waals surface area (Å²) < 4.78 is 12.7. The fourth-order valence-electron chi connectivity index (χ4n) is 1.20. The number of aryl methyl sites for hydroxylation is 1. The van der Waals surface area contributed by atoms with Crippen LogP contribution in [-0.2, 0) is 6.42 Å². The Bertz CT molecular complexity index is 299. The summed E-state index contributed by atoms with van der Waals surface area (Å²) in [6, 6.07) is 4.52. The SMILES string of the molecule is CC(CCl)CCc1ccc(F)cc1Cl. The summed E-state index contributed by atoms with van der Waals surface area (Å²) in [6.07, 6.45) is 1.84. The minimum atomic E-state index is -0.288. The van der Waals surface area contributed by atoms with E-state index in [9.17, 15) is 4.39 Å². The average molecular weight is 235 g/mol. The fourth-order valence-corrected chi connectivity index (χ4v) is 1.62. The predicted molar refractivity (Wildman–Crippen MR) is 59.6 cm³/mol. The summed E-state index contributed by atoms with van der Waals surface area (Å²) in [6.45, 7) is 2.09. The van der Waals surface area contributed by atoms with Crippen LogP contribution in [-0.4, -0.2) is 5.88 Å². The van der Waals surface area contributed by atoms with Crippen LogP contribution in [0.3, 0.4) is 0 Å². The van der Waals surface area contributed by atoms with Gasteiger partial charge in [0.1, 0.15) is 5.82 Å². The maximum absolute atomic E-state index is 12.7. The van der Waals surface area contributed by atoms with Crippen LogP contribution in [0.25, 0.3) is 0 Å². The highest BCUT2D eigenvalue weighted by atomic mass is 35.5. The molecular formula is C11H13Cl2F. The maximum atomic E-state index is 12.7. The summed E-state index contributed by atoms with van der Waals surface area (Å²) in [5, 5.41) is 0.506. The lowest BCUT2D eigenvalue weighted by molar-refractivity contribution is 0.591. The maximum Gasteiger partial charge on any atom is 0.124 e. The Morgan fingerprint density at radius 3 is 2.71 bits per heavy atom. The van der Waals surface area contributed by atoms with Gasteiger partial charge in [0.05, 0.1) is 0 Å². The first-order chi connectivity index (χ1) is 6.63. The highest BCUT2D eigenvalue weighted by Crippen LogP contribution is 2.20. The van der Waals surface area contributed by atoms with E-state index >= 15 is 0 Å². The van der Waals surface area contributed by atoms with E-state index in [2.05, 4.69) is 6.92 Å². The topological polar surface area (TPSA) is 0 Å². The Balaban J connectivity index is 2.59. The molecule has 0 bridgehead atoms. The van der Waals surface area contributed by atoms with Crippen molar-refractivity contribution in [2.75, 3.05) is 5.88 Å². The molecule has 0 radical (unpaired) electrons. The standard InChI is InChI=1S/C11H13Cl2F/c1-8(7-12)2-3-9-4-5-10(14)6-11(9)13/h4-6,8H,2-3,7H2,1H3. The van der Waals surface area contributed by atoms with Gasteiger partial charge in [-0.25, -0.2) is 4.39 Å². The molecule has 0 saturated carbocycles. The van der Waals surface area contributed by atoms with Crippen LogP contribution in [0.5, 0.6) is 0 Å². The highest BCUT2D eigenvalue weighted by molar-refractivity contribution is 6.31. The molecule has 1 unspecified atom stereocenters. The first kappa shape index (κ1) is 11.8. The number of hydrogen-bond acceptors (Lipinski definition) is 0. The van der Waals surface area contributed by atoms with Gasteiger partial charge in [-0.15, -0.1) is 11.6 Å². The summed E-state index contributed by atoms with van der Waals surface area (Å²) in [5.74, 6) is 0.834. The molecule has 1 atom stereocenters. The fraction of sp³-hybridized carbons (Fsp3) is 0.455. The van der Waals surface area contributed by atoms with Gasteiger partial charge in [-0.2, -0.15) is 0 Å². The Kier molecular flexibility index (Phi) is 4.70. The summed E-state index contributed by atoms with van der Waals surface area (Å²) >= 11 is 11.6. The van der Waals surface area contributed by atoms with Crippen LogP contribution >= 0.6 is 23.2 Å². The molecule has 0 N–H and O–H groups in total. The van der Waals surface area contributed by atoms with Crippen molar-refractivity contribution in [2.45, 2.75) is 19.8 Å². The smallest absolute Gasteiger partial charge is 0.124 e. The number of hydrogen-bond donors (Lipinski definition) is 0. The number of rotatable bonds is 4. The monoisotopic (exact) mass is 234 g/mol. The van der Waals surface area contributed by atoms with Gasteiger partial charge in [0.15, 0.2) is 0 Å². The molecule has 0 nitrogen and oxygen atoms in total. The van der Waals surface area contributed by atoms with Crippen LogP contribution in [0.1, 0.15) is 18.9 Å². The van der Waals surface area contributed by atoms with Crippen molar-refractivity contribution in [3.63, 3.8) is 0 Å². The number of alkyl halides is 1. The van der Waals surface area contributed by atoms with Crippen LogP contribution in [0.4, 0.5) is 4.39 Å². The summed E-state index contributed by atoms with van der Waals surface area (Å²) in [7, 11) is 0. The van der Waals surface area contributed by atoms with Crippen LogP contribution in [0, 0.1) is 11.7 Å². The van der Waals surface area contributed by atoms with E-state index in [4.69, 9.17) is 23.2 Å². The minimum absolute atomic E-state index is 0.288. The van der Waals surface area contributed by atoms with E-state index in [-0.39, 0.29) is 5.82 Å². The third-order valence-electron chi connectivity index (χ3n) is 2.18. The molecule has 0 aliphatic heterocycles. The zero-order valence-electron chi connectivity index (χ0n) is 8.06. The lowest BCUT2D eigenvalue weighted by Crippen LogP contribution is -1.99. The molecule has 0 heterocycles. The Hall–Kier alpha value is -0.270. The molecular weight excluding hydrogens is 222 g/mol. The van der Waals surface area contributed by atoms with Crippen molar-refractivity contribution < 1.29 is 4.39 Å². The molecule has 0 aliphatic rings. The quantitative estimate of drug-likeness (QED) is 0.683. The highest BCUT2D eigenvalue weighted by Gasteiger charge is 2.05. The largest absolute Gasteiger partial charge is 0.207 e. The van der Waals surface area contributed by atoms with E-state index in [1.165, 1.54) is 12.1 Å². The zero-order valence-corrected chi connectivity index (χ0v) is 9.58. The van der Waals surface area contributed by atoms with Crippen molar-refractivity contribution in [3.05, 3.63) is 34.6 Å². The Labute approximate surface area is 94.0 Å². The molecule has 0 amide bonds. The lowest BCUT2D eigenvalue weighted by atomic mass is 10.0. The Morgan fingerprint density at radius 1 is 1.43 bits per heavy atom. The Morgan fingerprint density at radius 2 is 2.14 bits per heavy atom. The third kappa shape index (κ3) is 3.47. The second-order valence-corrected chi connectivity index (χ2v) is 4.25. The molecule has 3 heteroatoms. The second kappa shape index (κ2) is 5.57. The molecule has 0 spiro atoms. The zero-order chi connectivity index (χ0) is 10.6.